The molecule has 0 saturated heterocycles. The molecule has 0 saturated carbocycles. The standard InChI is InChI=1S/C13H17N3O3/c1-15-9-3-4-10-8(6-9)2-5-12(18)16(10)13(19)11(17)7-14/h3-4,6,11,15,17H,2,5,7,14H2,1H3. The van der Waals surface area contributed by atoms with Crippen molar-refractivity contribution in [3.05, 3.63) is 23.8 Å². The molecule has 102 valence electrons. The summed E-state index contributed by atoms with van der Waals surface area (Å²) in [6, 6.07) is 5.39. The molecule has 0 aromatic heterocycles. The molecule has 1 atom stereocenters. The average Bonchev–Trinajstić information content (AvgIpc) is 2.45. The second-order valence-corrected chi connectivity index (χ2v) is 4.41. The number of hydrogen-bond donors (Lipinski definition) is 3. The summed E-state index contributed by atoms with van der Waals surface area (Å²) in [6.45, 7) is -0.202. The summed E-state index contributed by atoms with van der Waals surface area (Å²) in [6.07, 6.45) is -0.506. The number of aryl methyl sites for hydroxylation is 1. The molecule has 0 fully saturated rings. The predicted octanol–water partition coefficient (Wildman–Crippen LogP) is -0.146. The molecular weight excluding hydrogens is 246 g/mol. The van der Waals surface area contributed by atoms with Crippen LogP contribution in [0.25, 0.3) is 0 Å². The Hall–Kier alpha value is -1.92. The number of aliphatic hydroxyl groups excluding tert-OH is 1. The highest BCUT2D eigenvalue weighted by Crippen LogP contribution is 2.30. The van der Waals surface area contributed by atoms with Crippen LogP contribution in [-0.2, 0) is 16.0 Å². The Morgan fingerprint density at radius 1 is 1.53 bits per heavy atom. The van der Waals surface area contributed by atoms with Crippen LogP contribution in [0.5, 0.6) is 0 Å². The van der Waals surface area contributed by atoms with E-state index in [1.165, 1.54) is 0 Å². The molecule has 1 aliphatic rings. The molecular formula is C13H17N3O3. The van der Waals surface area contributed by atoms with Crippen molar-refractivity contribution in [2.24, 2.45) is 5.73 Å². The molecule has 1 unspecified atom stereocenters. The highest BCUT2D eigenvalue weighted by Gasteiger charge is 2.32. The summed E-state index contributed by atoms with van der Waals surface area (Å²) in [5.74, 6) is -0.965. The number of carbonyl (C=O) groups is 2. The van der Waals surface area contributed by atoms with E-state index in [4.69, 9.17) is 5.73 Å². The Balaban J connectivity index is 2.41. The Morgan fingerprint density at radius 3 is 2.89 bits per heavy atom. The van der Waals surface area contributed by atoms with Gasteiger partial charge in [-0.05, 0) is 30.2 Å². The minimum atomic E-state index is -1.35. The van der Waals surface area contributed by atoms with Crippen molar-refractivity contribution in [3.8, 4) is 0 Å². The van der Waals surface area contributed by atoms with Crippen molar-refractivity contribution < 1.29 is 14.7 Å². The van der Waals surface area contributed by atoms with E-state index in [1.807, 2.05) is 6.07 Å². The fourth-order valence-electron chi connectivity index (χ4n) is 2.14. The quantitative estimate of drug-likeness (QED) is 0.705. The average molecular weight is 263 g/mol. The zero-order valence-electron chi connectivity index (χ0n) is 10.7. The summed E-state index contributed by atoms with van der Waals surface area (Å²) >= 11 is 0. The molecule has 19 heavy (non-hydrogen) atoms. The topological polar surface area (TPSA) is 95.7 Å². The van der Waals surface area contributed by atoms with Gasteiger partial charge in [0, 0.05) is 25.7 Å². The van der Waals surface area contributed by atoms with Gasteiger partial charge in [0.15, 0.2) is 0 Å². The largest absolute Gasteiger partial charge is 0.388 e. The van der Waals surface area contributed by atoms with Gasteiger partial charge in [0.2, 0.25) is 5.91 Å². The van der Waals surface area contributed by atoms with Crippen LogP contribution >= 0.6 is 0 Å². The van der Waals surface area contributed by atoms with Gasteiger partial charge < -0.3 is 16.2 Å². The lowest BCUT2D eigenvalue weighted by atomic mass is 9.99. The second kappa shape index (κ2) is 5.38. The van der Waals surface area contributed by atoms with Gasteiger partial charge in [-0.2, -0.15) is 0 Å². The number of nitrogens with one attached hydrogen (secondary N) is 1. The van der Waals surface area contributed by atoms with E-state index in [9.17, 15) is 14.7 Å². The zero-order chi connectivity index (χ0) is 14.0. The van der Waals surface area contributed by atoms with Gasteiger partial charge in [-0.3, -0.25) is 9.59 Å². The summed E-state index contributed by atoms with van der Waals surface area (Å²) in [5.41, 5.74) is 7.63. The van der Waals surface area contributed by atoms with E-state index in [0.717, 1.165) is 16.2 Å². The first-order valence-electron chi connectivity index (χ1n) is 6.14. The molecule has 4 N–H and O–H groups in total. The van der Waals surface area contributed by atoms with Crippen molar-refractivity contribution in [1.29, 1.82) is 0 Å². The molecule has 6 heteroatoms. The molecule has 0 spiro atoms. The summed E-state index contributed by atoms with van der Waals surface area (Å²) < 4.78 is 0. The van der Waals surface area contributed by atoms with Gasteiger partial charge in [-0.15, -0.1) is 0 Å². The molecule has 6 nitrogen and oxygen atoms in total. The van der Waals surface area contributed by atoms with E-state index in [0.29, 0.717) is 12.1 Å². The van der Waals surface area contributed by atoms with Crippen molar-refractivity contribution in [3.63, 3.8) is 0 Å². The van der Waals surface area contributed by atoms with E-state index in [2.05, 4.69) is 5.32 Å². The van der Waals surface area contributed by atoms with Crippen LogP contribution in [0, 0.1) is 0 Å². The van der Waals surface area contributed by atoms with Gasteiger partial charge in [0.25, 0.3) is 5.91 Å². The summed E-state index contributed by atoms with van der Waals surface area (Å²) in [7, 11) is 1.80. The third kappa shape index (κ3) is 2.45. The van der Waals surface area contributed by atoms with Gasteiger partial charge in [0.1, 0.15) is 6.10 Å². The maximum absolute atomic E-state index is 12.0. The minimum Gasteiger partial charge on any atom is -0.388 e. The van der Waals surface area contributed by atoms with Crippen LogP contribution in [0.3, 0.4) is 0 Å². The molecule has 0 bridgehead atoms. The van der Waals surface area contributed by atoms with Crippen LogP contribution in [0.4, 0.5) is 11.4 Å². The number of imide groups is 1. The fourth-order valence-corrected chi connectivity index (χ4v) is 2.14. The third-order valence-corrected chi connectivity index (χ3v) is 3.20. The van der Waals surface area contributed by atoms with E-state index >= 15 is 0 Å². The maximum atomic E-state index is 12.0. The van der Waals surface area contributed by atoms with E-state index in [1.54, 1.807) is 19.2 Å². The summed E-state index contributed by atoms with van der Waals surface area (Å²) in [4.78, 5) is 25.0. The number of hydrogen-bond acceptors (Lipinski definition) is 5. The summed E-state index contributed by atoms with van der Waals surface area (Å²) in [5, 5.41) is 12.6. The Morgan fingerprint density at radius 2 is 2.26 bits per heavy atom. The zero-order valence-corrected chi connectivity index (χ0v) is 10.7. The van der Waals surface area contributed by atoms with Gasteiger partial charge in [0.05, 0.1) is 5.69 Å². The number of carbonyl (C=O) groups excluding carboxylic acids is 2. The number of benzene rings is 1. The lowest BCUT2D eigenvalue weighted by Crippen LogP contribution is -2.48. The smallest absolute Gasteiger partial charge is 0.263 e. The fraction of sp³-hybridized carbons (Fsp3) is 0.385. The SMILES string of the molecule is CNc1ccc2c(c1)CCC(=O)N2C(=O)C(O)CN. The molecule has 2 amide bonds. The van der Waals surface area contributed by atoms with Crippen LogP contribution in [0.1, 0.15) is 12.0 Å². The number of rotatable bonds is 3. The van der Waals surface area contributed by atoms with Crippen molar-refractivity contribution in [2.75, 3.05) is 23.8 Å². The number of aliphatic hydroxyl groups is 1. The molecule has 2 rings (SSSR count). The number of fused-ring (bicyclic) bond motifs is 1. The number of anilines is 2. The molecule has 1 aromatic rings. The second-order valence-electron chi connectivity index (χ2n) is 4.41. The first-order valence-corrected chi connectivity index (χ1v) is 6.14. The lowest BCUT2D eigenvalue weighted by molar-refractivity contribution is -0.131. The molecule has 1 aromatic carbocycles. The first-order chi connectivity index (χ1) is 9.08. The lowest BCUT2D eigenvalue weighted by Gasteiger charge is -2.29. The van der Waals surface area contributed by atoms with Crippen molar-refractivity contribution in [1.82, 2.24) is 0 Å². The van der Waals surface area contributed by atoms with Crippen LogP contribution in [0.2, 0.25) is 0 Å². The Bertz CT molecular complexity index is 516. The monoisotopic (exact) mass is 263 g/mol. The van der Waals surface area contributed by atoms with Gasteiger partial charge in [-0.1, -0.05) is 0 Å². The van der Waals surface area contributed by atoms with Crippen LogP contribution < -0.4 is 16.0 Å². The molecule has 0 aliphatic carbocycles. The van der Waals surface area contributed by atoms with Crippen molar-refractivity contribution >= 4 is 23.2 Å². The third-order valence-electron chi connectivity index (χ3n) is 3.20. The normalized spacial score (nSPS) is 15.9. The minimum absolute atomic E-state index is 0.202. The number of amides is 2. The highest BCUT2D eigenvalue weighted by atomic mass is 16.3. The molecule has 1 aliphatic heterocycles. The van der Waals surface area contributed by atoms with Gasteiger partial charge in [-0.25, -0.2) is 4.90 Å². The number of nitrogens with zero attached hydrogens (tertiary/aromatic N) is 1. The van der Waals surface area contributed by atoms with E-state index in [-0.39, 0.29) is 18.9 Å². The first kappa shape index (κ1) is 13.5. The van der Waals surface area contributed by atoms with Crippen molar-refractivity contribution in [2.45, 2.75) is 18.9 Å². The maximum Gasteiger partial charge on any atom is 0.263 e. The molecule has 0 radical (unpaired) electrons. The Kier molecular flexibility index (Phi) is 3.82. The number of nitrogens with two attached hydrogens (primary N) is 1. The predicted molar refractivity (Wildman–Crippen MR) is 71.9 cm³/mol. The van der Waals surface area contributed by atoms with E-state index < -0.39 is 12.0 Å². The van der Waals surface area contributed by atoms with Crippen LogP contribution in [-0.4, -0.2) is 36.6 Å². The Labute approximate surface area is 111 Å². The molecule has 1 heterocycles. The van der Waals surface area contributed by atoms with Crippen LogP contribution in [0.15, 0.2) is 18.2 Å². The van der Waals surface area contributed by atoms with Gasteiger partial charge >= 0.3 is 0 Å². The highest BCUT2D eigenvalue weighted by molar-refractivity contribution is 6.17.